The second-order valence-electron chi connectivity index (χ2n) is 3.57. The summed E-state index contributed by atoms with van der Waals surface area (Å²) in [6, 6.07) is 0. The number of hydrogen-bond acceptors (Lipinski definition) is 4. The van der Waals surface area contributed by atoms with Crippen molar-refractivity contribution in [2.75, 3.05) is 13.1 Å². The average Bonchev–Trinajstić information content (AvgIpc) is 2.91. The van der Waals surface area contributed by atoms with Crippen molar-refractivity contribution >= 4 is 11.3 Å². The third-order valence-corrected chi connectivity index (χ3v) is 3.06. The van der Waals surface area contributed by atoms with Crippen LogP contribution in [0, 0.1) is 0 Å². The third kappa shape index (κ3) is 3.15. The van der Waals surface area contributed by atoms with Crippen LogP contribution in [0.1, 0.15) is 17.6 Å². The van der Waals surface area contributed by atoms with E-state index in [0.717, 1.165) is 36.8 Å². The first kappa shape index (κ1) is 11.3. The van der Waals surface area contributed by atoms with Gasteiger partial charge in [-0.15, -0.1) is 11.3 Å². The molecule has 0 aromatic carbocycles. The predicted molar refractivity (Wildman–Crippen MR) is 65.7 cm³/mol. The van der Waals surface area contributed by atoms with Gasteiger partial charge < -0.3 is 9.88 Å². The van der Waals surface area contributed by atoms with E-state index in [0.29, 0.717) is 0 Å². The molecule has 0 amide bonds. The fourth-order valence-electron chi connectivity index (χ4n) is 1.50. The van der Waals surface area contributed by atoms with Gasteiger partial charge in [-0.2, -0.15) is 0 Å². The van der Waals surface area contributed by atoms with Crippen LogP contribution in [-0.2, 0) is 13.0 Å². The molecule has 0 radical (unpaired) electrons. The minimum Gasteiger partial charge on any atom is -0.330 e. The average molecular weight is 236 g/mol. The molecule has 2 aromatic rings. The molecule has 0 aliphatic rings. The number of thiazole rings is 1. The number of imidazole rings is 1. The second-order valence-corrected chi connectivity index (χ2v) is 4.55. The van der Waals surface area contributed by atoms with Gasteiger partial charge in [-0.3, -0.25) is 0 Å². The predicted octanol–water partition coefficient (Wildman–Crippen LogP) is 1.54. The zero-order chi connectivity index (χ0) is 11.2. The van der Waals surface area contributed by atoms with Gasteiger partial charge in [0.2, 0.25) is 0 Å². The third-order valence-electron chi connectivity index (χ3n) is 2.30. The van der Waals surface area contributed by atoms with Crippen molar-refractivity contribution in [1.29, 1.82) is 0 Å². The lowest BCUT2D eigenvalue weighted by molar-refractivity contribution is 0.708. The van der Waals surface area contributed by atoms with E-state index in [9.17, 15) is 0 Å². The molecule has 0 atom stereocenters. The SMILES string of the molecule is CCNCCc1cn(Cc2nccs2)cn1. The second kappa shape index (κ2) is 5.77. The molecule has 0 unspecified atom stereocenters. The summed E-state index contributed by atoms with van der Waals surface area (Å²) in [4.78, 5) is 8.62. The molecule has 16 heavy (non-hydrogen) atoms. The summed E-state index contributed by atoms with van der Waals surface area (Å²) >= 11 is 1.68. The van der Waals surface area contributed by atoms with Gasteiger partial charge >= 0.3 is 0 Å². The molecule has 0 saturated heterocycles. The van der Waals surface area contributed by atoms with Gasteiger partial charge in [0.1, 0.15) is 5.01 Å². The van der Waals surface area contributed by atoms with Gasteiger partial charge in [0, 0.05) is 30.7 Å². The van der Waals surface area contributed by atoms with E-state index in [-0.39, 0.29) is 0 Å². The van der Waals surface area contributed by atoms with Crippen LogP contribution in [0.5, 0.6) is 0 Å². The normalized spacial score (nSPS) is 10.8. The largest absolute Gasteiger partial charge is 0.330 e. The van der Waals surface area contributed by atoms with Crippen molar-refractivity contribution in [2.24, 2.45) is 0 Å². The van der Waals surface area contributed by atoms with Gasteiger partial charge in [-0.05, 0) is 6.54 Å². The Balaban J connectivity index is 1.87. The van der Waals surface area contributed by atoms with Crippen molar-refractivity contribution in [3.63, 3.8) is 0 Å². The fourth-order valence-corrected chi connectivity index (χ4v) is 2.13. The highest BCUT2D eigenvalue weighted by Crippen LogP contribution is 2.07. The number of aromatic nitrogens is 3. The van der Waals surface area contributed by atoms with Crippen LogP contribution in [0.25, 0.3) is 0 Å². The Bertz CT molecular complexity index is 407. The zero-order valence-corrected chi connectivity index (χ0v) is 10.2. The molecule has 4 nitrogen and oxygen atoms in total. The Morgan fingerprint density at radius 3 is 3.12 bits per heavy atom. The molecule has 0 bridgehead atoms. The van der Waals surface area contributed by atoms with Crippen LogP contribution in [0.2, 0.25) is 0 Å². The Kier molecular flexibility index (Phi) is 4.07. The molecular formula is C11H16N4S. The van der Waals surface area contributed by atoms with E-state index in [1.165, 1.54) is 0 Å². The summed E-state index contributed by atoms with van der Waals surface area (Å²) in [6.45, 7) is 4.94. The lowest BCUT2D eigenvalue weighted by Gasteiger charge is -1.98. The van der Waals surface area contributed by atoms with Crippen molar-refractivity contribution in [3.05, 3.63) is 34.8 Å². The van der Waals surface area contributed by atoms with Crippen LogP contribution in [0.15, 0.2) is 24.1 Å². The fraction of sp³-hybridized carbons (Fsp3) is 0.455. The van der Waals surface area contributed by atoms with E-state index in [2.05, 4.69) is 33.0 Å². The molecule has 0 fully saturated rings. The molecule has 2 heterocycles. The highest BCUT2D eigenvalue weighted by Gasteiger charge is 2.00. The van der Waals surface area contributed by atoms with Gasteiger partial charge in [0.05, 0.1) is 18.6 Å². The molecule has 5 heteroatoms. The van der Waals surface area contributed by atoms with Crippen LogP contribution >= 0.6 is 11.3 Å². The van der Waals surface area contributed by atoms with Crippen LogP contribution in [0.4, 0.5) is 0 Å². The lowest BCUT2D eigenvalue weighted by Crippen LogP contribution is -2.16. The molecule has 0 aliphatic carbocycles. The maximum atomic E-state index is 4.37. The number of nitrogens with zero attached hydrogens (tertiary/aromatic N) is 3. The molecule has 86 valence electrons. The molecule has 2 rings (SSSR count). The van der Waals surface area contributed by atoms with Gasteiger partial charge in [0.25, 0.3) is 0 Å². The molecule has 0 spiro atoms. The van der Waals surface area contributed by atoms with Gasteiger partial charge in [-0.1, -0.05) is 6.92 Å². The zero-order valence-electron chi connectivity index (χ0n) is 9.39. The Labute approximate surface area is 99.4 Å². The summed E-state index contributed by atoms with van der Waals surface area (Å²) in [6.07, 6.45) is 6.79. The summed E-state index contributed by atoms with van der Waals surface area (Å²) in [5.74, 6) is 0. The first-order valence-corrected chi connectivity index (χ1v) is 6.36. The highest BCUT2D eigenvalue weighted by atomic mass is 32.1. The molecule has 0 saturated carbocycles. The number of nitrogens with one attached hydrogen (secondary N) is 1. The summed E-state index contributed by atoms with van der Waals surface area (Å²) in [7, 11) is 0. The number of rotatable bonds is 6. The van der Waals surface area contributed by atoms with Crippen molar-refractivity contribution < 1.29 is 0 Å². The quantitative estimate of drug-likeness (QED) is 0.774. The first-order chi connectivity index (χ1) is 7.88. The standard InChI is InChI=1S/C11H16N4S/c1-2-12-4-3-10-7-15(9-14-10)8-11-13-5-6-16-11/h5-7,9,12H,2-4,8H2,1H3. The minimum atomic E-state index is 0.825. The van der Waals surface area contributed by atoms with E-state index in [1.807, 2.05) is 17.9 Å². The Hall–Kier alpha value is -1.20. The van der Waals surface area contributed by atoms with Crippen LogP contribution in [0.3, 0.4) is 0 Å². The van der Waals surface area contributed by atoms with E-state index < -0.39 is 0 Å². The van der Waals surface area contributed by atoms with Crippen molar-refractivity contribution in [3.8, 4) is 0 Å². The van der Waals surface area contributed by atoms with E-state index in [1.54, 1.807) is 11.3 Å². The highest BCUT2D eigenvalue weighted by molar-refractivity contribution is 7.09. The van der Waals surface area contributed by atoms with Gasteiger partial charge in [0.15, 0.2) is 0 Å². The summed E-state index contributed by atoms with van der Waals surface area (Å²) in [5.41, 5.74) is 1.14. The van der Waals surface area contributed by atoms with Gasteiger partial charge in [-0.25, -0.2) is 9.97 Å². The Morgan fingerprint density at radius 1 is 1.44 bits per heavy atom. The molecule has 2 aromatic heterocycles. The molecular weight excluding hydrogens is 220 g/mol. The van der Waals surface area contributed by atoms with Crippen molar-refractivity contribution in [1.82, 2.24) is 19.9 Å². The minimum absolute atomic E-state index is 0.825. The topological polar surface area (TPSA) is 42.7 Å². The number of hydrogen-bond donors (Lipinski definition) is 1. The van der Waals surface area contributed by atoms with Crippen molar-refractivity contribution in [2.45, 2.75) is 19.9 Å². The number of likely N-dealkylation sites (N-methyl/N-ethyl adjacent to an activating group) is 1. The first-order valence-electron chi connectivity index (χ1n) is 5.48. The van der Waals surface area contributed by atoms with E-state index in [4.69, 9.17) is 0 Å². The monoisotopic (exact) mass is 236 g/mol. The van der Waals surface area contributed by atoms with Crippen LogP contribution in [-0.4, -0.2) is 27.6 Å². The summed E-state index contributed by atoms with van der Waals surface area (Å²) < 4.78 is 2.08. The smallest absolute Gasteiger partial charge is 0.112 e. The maximum absolute atomic E-state index is 4.37. The Morgan fingerprint density at radius 2 is 2.38 bits per heavy atom. The maximum Gasteiger partial charge on any atom is 0.112 e. The molecule has 1 N–H and O–H groups in total. The van der Waals surface area contributed by atoms with E-state index >= 15 is 0 Å². The lowest BCUT2D eigenvalue weighted by atomic mass is 10.3. The van der Waals surface area contributed by atoms with Crippen LogP contribution < -0.4 is 5.32 Å². The summed E-state index contributed by atoms with van der Waals surface area (Å²) in [5, 5.41) is 6.41. The molecule has 0 aliphatic heterocycles.